The average molecular weight is 230 g/mol. The second kappa shape index (κ2) is 4.18. The lowest BCUT2D eigenvalue weighted by Gasteiger charge is -2.06. The van der Waals surface area contributed by atoms with Crippen molar-refractivity contribution in [2.45, 2.75) is 13.8 Å². The van der Waals surface area contributed by atoms with Gasteiger partial charge in [-0.2, -0.15) is 5.10 Å². The van der Waals surface area contributed by atoms with Crippen molar-refractivity contribution >= 4 is 12.2 Å². The fourth-order valence-corrected chi connectivity index (χ4v) is 1.72. The van der Waals surface area contributed by atoms with Crippen LogP contribution in [0.4, 0.5) is 0 Å². The summed E-state index contributed by atoms with van der Waals surface area (Å²) in [4.78, 5) is 0. The van der Waals surface area contributed by atoms with Crippen LogP contribution in [0.25, 0.3) is 11.3 Å². The van der Waals surface area contributed by atoms with E-state index in [-0.39, 0.29) is 0 Å². The molecule has 2 nitrogen and oxygen atoms in total. The fourth-order valence-electron chi connectivity index (χ4n) is 1.62. The average Bonchev–Trinajstić information content (AvgIpc) is 2.26. The molecule has 1 aromatic carbocycles. The van der Waals surface area contributed by atoms with Gasteiger partial charge in [0.2, 0.25) is 0 Å². The van der Waals surface area contributed by atoms with Crippen LogP contribution in [0, 0.1) is 18.5 Å². The molecular formula is C13H14N2S. The summed E-state index contributed by atoms with van der Waals surface area (Å²) in [5, 5.41) is 4.45. The van der Waals surface area contributed by atoms with E-state index in [0.29, 0.717) is 0 Å². The van der Waals surface area contributed by atoms with Crippen LogP contribution in [-0.2, 0) is 7.05 Å². The molecule has 0 aliphatic rings. The van der Waals surface area contributed by atoms with E-state index in [2.05, 4.69) is 36.3 Å². The van der Waals surface area contributed by atoms with E-state index in [1.807, 2.05) is 20.0 Å². The van der Waals surface area contributed by atoms with Gasteiger partial charge in [-0.25, -0.2) is 0 Å². The monoisotopic (exact) mass is 230 g/mol. The highest BCUT2D eigenvalue weighted by Gasteiger charge is 2.02. The third-order valence-electron chi connectivity index (χ3n) is 2.59. The molecule has 0 radical (unpaired) electrons. The second-order valence-corrected chi connectivity index (χ2v) is 4.39. The summed E-state index contributed by atoms with van der Waals surface area (Å²) in [5.74, 6) is 0. The molecule has 2 aromatic rings. The third-order valence-corrected chi connectivity index (χ3v) is 3.18. The first-order valence-electron chi connectivity index (χ1n) is 5.20. The minimum absolute atomic E-state index is 0.788. The SMILES string of the molecule is Cc1ccc(-c2cc(C)c(=S)n(C)n2)cc1. The first kappa shape index (κ1) is 11.0. The molecule has 82 valence electrons. The maximum absolute atomic E-state index is 5.23. The van der Waals surface area contributed by atoms with Crippen molar-refractivity contribution in [2.24, 2.45) is 7.05 Å². The summed E-state index contributed by atoms with van der Waals surface area (Å²) in [5.41, 5.74) is 4.43. The van der Waals surface area contributed by atoms with Crippen molar-refractivity contribution in [3.8, 4) is 11.3 Å². The van der Waals surface area contributed by atoms with Gasteiger partial charge in [-0.05, 0) is 25.5 Å². The van der Waals surface area contributed by atoms with Crippen LogP contribution >= 0.6 is 12.2 Å². The third kappa shape index (κ3) is 2.04. The summed E-state index contributed by atoms with van der Waals surface area (Å²) in [6.45, 7) is 4.09. The summed E-state index contributed by atoms with van der Waals surface area (Å²) >= 11 is 5.23. The number of hydrogen-bond acceptors (Lipinski definition) is 2. The van der Waals surface area contributed by atoms with Crippen LogP contribution in [0.15, 0.2) is 30.3 Å². The van der Waals surface area contributed by atoms with E-state index in [9.17, 15) is 0 Å². The van der Waals surface area contributed by atoms with Crippen LogP contribution < -0.4 is 0 Å². The van der Waals surface area contributed by atoms with Crippen LogP contribution in [-0.4, -0.2) is 9.78 Å². The number of benzene rings is 1. The Morgan fingerprint density at radius 1 is 1.12 bits per heavy atom. The molecule has 0 bridgehead atoms. The smallest absolute Gasteiger partial charge is 0.125 e. The highest BCUT2D eigenvalue weighted by molar-refractivity contribution is 7.71. The predicted molar refractivity (Wildman–Crippen MR) is 69.0 cm³/mol. The topological polar surface area (TPSA) is 17.8 Å². The lowest BCUT2D eigenvalue weighted by molar-refractivity contribution is 0.725. The minimum Gasteiger partial charge on any atom is -0.257 e. The maximum Gasteiger partial charge on any atom is 0.125 e. The van der Waals surface area contributed by atoms with Crippen molar-refractivity contribution < 1.29 is 0 Å². The molecule has 1 heterocycles. The Hall–Kier alpha value is -1.48. The van der Waals surface area contributed by atoms with Gasteiger partial charge in [0.05, 0.1) is 5.69 Å². The van der Waals surface area contributed by atoms with Gasteiger partial charge < -0.3 is 0 Å². The second-order valence-electron chi connectivity index (χ2n) is 4.01. The van der Waals surface area contributed by atoms with Gasteiger partial charge in [0, 0.05) is 12.6 Å². The van der Waals surface area contributed by atoms with Gasteiger partial charge >= 0.3 is 0 Å². The number of aromatic nitrogens is 2. The predicted octanol–water partition coefficient (Wildman–Crippen LogP) is 3.43. The van der Waals surface area contributed by atoms with Crippen molar-refractivity contribution in [2.75, 3.05) is 0 Å². The van der Waals surface area contributed by atoms with Gasteiger partial charge in [-0.1, -0.05) is 42.0 Å². The lowest BCUT2D eigenvalue weighted by atomic mass is 10.1. The van der Waals surface area contributed by atoms with Crippen molar-refractivity contribution in [1.29, 1.82) is 0 Å². The number of hydrogen-bond donors (Lipinski definition) is 0. The Kier molecular flexibility index (Phi) is 2.88. The standard InChI is InChI=1S/C13H14N2S/c1-9-4-6-11(7-5-9)12-8-10(2)13(16)15(3)14-12/h4-8H,1-3H3. The highest BCUT2D eigenvalue weighted by atomic mass is 32.1. The summed E-state index contributed by atoms with van der Waals surface area (Å²) in [7, 11) is 1.88. The molecule has 0 fully saturated rings. The molecule has 0 aliphatic heterocycles. The molecule has 0 unspecified atom stereocenters. The number of nitrogens with zero attached hydrogens (tertiary/aromatic N) is 2. The minimum atomic E-state index is 0.788. The Bertz CT molecular complexity index is 541. The largest absolute Gasteiger partial charge is 0.257 e. The van der Waals surface area contributed by atoms with Crippen LogP contribution in [0.1, 0.15) is 11.1 Å². The maximum atomic E-state index is 5.23. The Labute approximate surface area is 101 Å². The molecule has 0 saturated carbocycles. The van der Waals surface area contributed by atoms with E-state index in [4.69, 9.17) is 12.2 Å². The molecule has 16 heavy (non-hydrogen) atoms. The molecule has 2 rings (SSSR count). The molecular weight excluding hydrogens is 216 g/mol. The van der Waals surface area contributed by atoms with Gasteiger partial charge in [-0.15, -0.1) is 0 Å². The lowest BCUT2D eigenvalue weighted by Crippen LogP contribution is -2.02. The zero-order valence-corrected chi connectivity index (χ0v) is 10.5. The van der Waals surface area contributed by atoms with Gasteiger partial charge in [0.15, 0.2) is 0 Å². The molecule has 0 atom stereocenters. The zero-order chi connectivity index (χ0) is 11.7. The summed E-state index contributed by atoms with van der Waals surface area (Å²) in [6, 6.07) is 10.4. The van der Waals surface area contributed by atoms with Gasteiger partial charge in [-0.3, -0.25) is 4.68 Å². The molecule has 0 N–H and O–H groups in total. The highest BCUT2D eigenvalue weighted by Crippen LogP contribution is 2.18. The van der Waals surface area contributed by atoms with Crippen molar-refractivity contribution in [3.63, 3.8) is 0 Å². The van der Waals surface area contributed by atoms with Crippen molar-refractivity contribution in [3.05, 3.63) is 46.1 Å². The van der Waals surface area contributed by atoms with Crippen LogP contribution in [0.5, 0.6) is 0 Å². The summed E-state index contributed by atoms with van der Waals surface area (Å²) < 4.78 is 2.54. The molecule has 1 aromatic heterocycles. The van der Waals surface area contributed by atoms with E-state index >= 15 is 0 Å². The van der Waals surface area contributed by atoms with Gasteiger partial charge in [0.25, 0.3) is 0 Å². The normalized spacial score (nSPS) is 10.4. The van der Waals surface area contributed by atoms with E-state index < -0.39 is 0 Å². The van der Waals surface area contributed by atoms with Gasteiger partial charge in [0.1, 0.15) is 4.64 Å². The Morgan fingerprint density at radius 2 is 1.75 bits per heavy atom. The van der Waals surface area contributed by atoms with Crippen LogP contribution in [0.2, 0.25) is 0 Å². The van der Waals surface area contributed by atoms with E-state index in [1.165, 1.54) is 5.56 Å². The molecule has 0 spiro atoms. The van der Waals surface area contributed by atoms with E-state index in [1.54, 1.807) is 4.68 Å². The first-order chi connectivity index (χ1) is 7.58. The quantitative estimate of drug-likeness (QED) is 0.698. The number of aryl methyl sites for hydroxylation is 3. The Balaban J connectivity index is 2.57. The Morgan fingerprint density at radius 3 is 2.31 bits per heavy atom. The fraction of sp³-hybridized carbons (Fsp3) is 0.231. The summed E-state index contributed by atoms with van der Waals surface area (Å²) in [6.07, 6.45) is 0. The molecule has 0 saturated heterocycles. The zero-order valence-electron chi connectivity index (χ0n) is 9.69. The number of rotatable bonds is 1. The molecule has 0 aliphatic carbocycles. The van der Waals surface area contributed by atoms with E-state index in [0.717, 1.165) is 21.5 Å². The van der Waals surface area contributed by atoms with Crippen LogP contribution in [0.3, 0.4) is 0 Å². The first-order valence-corrected chi connectivity index (χ1v) is 5.61. The molecule has 0 amide bonds. The molecule has 3 heteroatoms. The van der Waals surface area contributed by atoms with Crippen molar-refractivity contribution in [1.82, 2.24) is 9.78 Å².